The van der Waals surface area contributed by atoms with Gasteiger partial charge >= 0.3 is 0 Å². The third-order valence-corrected chi connectivity index (χ3v) is 6.64. The molecule has 0 aromatic carbocycles. The third kappa shape index (κ3) is 4.45. The summed E-state index contributed by atoms with van der Waals surface area (Å²) in [6.07, 6.45) is 8.14. The first-order chi connectivity index (χ1) is 14.5. The minimum Gasteiger partial charge on any atom is -0.353 e. The van der Waals surface area contributed by atoms with Gasteiger partial charge in [0.1, 0.15) is 0 Å². The third-order valence-electron chi connectivity index (χ3n) is 6.64. The Hall–Kier alpha value is -2.95. The molecule has 4 rings (SSSR count). The number of nitrogens with zero attached hydrogens (tertiary/aromatic N) is 4. The fourth-order valence-corrected chi connectivity index (χ4v) is 4.80. The lowest BCUT2D eigenvalue weighted by Crippen LogP contribution is -2.45. The Morgan fingerprint density at radius 1 is 1.30 bits per heavy atom. The molecule has 2 aromatic heterocycles. The Kier molecular flexibility index (Phi) is 5.98. The Morgan fingerprint density at radius 2 is 2.10 bits per heavy atom. The lowest BCUT2D eigenvalue weighted by atomic mass is 9.89. The topological polar surface area (TPSA) is 115 Å². The van der Waals surface area contributed by atoms with Gasteiger partial charge in [0.2, 0.25) is 5.91 Å². The van der Waals surface area contributed by atoms with Crippen LogP contribution in [0.25, 0.3) is 11.2 Å². The Balaban J connectivity index is 1.25. The van der Waals surface area contributed by atoms with E-state index in [0.29, 0.717) is 42.6 Å². The monoisotopic (exact) mass is 408 g/mol. The van der Waals surface area contributed by atoms with E-state index in [0.717, 1.165) is 37.6 Å². The average molecular weight is 409 g/mol. The number of H-pyrrole nitrogens is 1. The Morgan fingerprint density at radius 3 is 2.83 bits per heavy atom. The number of hydrogen-bond donors (Lipinski definition) is 2. The molecule has 8 heteroatoms. The standard InChI is InChI=1S/C22H28N6O2/c1-14(27-20(29)9-15-2-3-16(8-15)11-23)17-4-6-28(7-5-17)22(30)18-10-19-21(24-12-18)26-13-25-19/h10,12-17H,2-9H2,1H3,(H,27,29)(H,24,25,26). The second kappa shape index (κ2) is 8.82. The lowest BCUT2D eigenvalue weighted by Gasteiger charge is -2.35. The molecule has 1 aliphatic heterocycles. The molecule has 0 radical (unpaired) electrons. The van der Waals surface area contributed by atoms with Crippen molar-refractivity contribution in [3.8, 4) is 6.07 Å². The molecule has 2 N–H and O–H groups in total. The van der Waals surface area contributed by atoms with Gasteiger partial charge in [-0.15, -0.1) is 0 Å². The molecule has 0 spiro atoms. The van der Waals surface area contributed by atoms with Gasteiger partial charge in [0.15, 0.2) is 5.65 Å². The van der Waals surface area contributed by atoms with Crippen molar-refractivity contribution in [2.75, 3.05) is 13.1 Å². The van der Waals surface area contributed by atoms with Crippen LogP contribution in [0, 0.1) is 29.1 Å². The van der Waals surface area contributed by atoms with Crippen molar-refractivity contribution in [1.82, 2.24) is 25.2 Å². The smallest absolute Gasteiger partial charge is 0.255 e. The number of nitrogens with one attached hydrogen (secondary N) is 2. The molecule has 30 heavy (non-hydrogen) atoms. The summed E-state index contributed by atoms with van der Waals surface area (Å²) in [6, 6.07) is 4.21. The van der Waals surface area contributed by atoms with E-state index in [4.69, 9.17) is 5.26 Å². The fourth-order valence-electron chi connectivity index (χ4n) is 4.80. The minimum atomic E-state index is -0.0116. The van der Waals surface area contributed by atoms with Crippen LogP contribution >= 0.6 is 0 Å². The maximum Gasteiger partial charge on any atom is 0.255 e. The highest BCUT2D eigenvalue weighted by Gasteiger charge is 2.30. The van der Waals surface area contributed by atoms with Crippen molar-refractivity contribution >= 4 is 23.0 Å². The SMILES string of the molecule is CC(NC(=O)CC1CCC(C#N)C1)C1CCN(C(=O)c2cnc3nc[nH]c3c2)CC1. The van der Waals surface area contributed by atoms with E-state index < -0.39 is 0 Å². The summed E-state index contributed by atoms with van der Waals surface area (Å²) < 4.78 is 0. The highest BCUT2D eigenvalue weighted by atomic mass is 16.2. The number of amides is 2. The van der Waals surface area contributed by atoms with Crippen LogP contribution in [-0.2, 0) is 4.79 Å². The van der Waals surface area contributed by atoms with Gasteiger partial charge in [0.05, 0.1) is 23.5 Å². The summed E-state index contributed by atoms with van der Waals surface area (Å²) in [5.74, 6) is 0.890. The predicted molar refractivity (Wildman–Crippen MR) is 111 cm³/mol. The number of likely N-dealkylation sites (tertiary alicyclic amines) is 1. The summed E-state index contributed by atoms with van der Waals surface area (Å²) in [4.78, 5) is 38.4. The number of nitriles is 1. The van der Waals surface area contributed by atoms with Crippen LogP contribution in [-0.4, -0.2) is 50.8 Å². The molecule has 1 aliphatic carbocycles. The summed E-state index contributed by atoms with van der Waals surface area (Å²) in [6.45, 7) is 3.41. The van der Waals surface area contributed by atoms with Gasteiger partial charge in [0.25, 0.3) is 5.91 Å². The number of imidazole rings is 1. The van der Waals surface area contributed by atoms with Crippen LogP contribution in [0.15, 0.2) is 18.6 Å². The maximum atomic E-state index is 12.8. The highest BCUT2D eigenvalue weighted by molar-refractivity contribution is 5.96. The maximum absolute atomic E-state index is 12.8. The molecule has 2 amide bonds. The molecule has 3 unspecified atom stereocenters. The van der Waals surface area contributed by atoms with Crippen LogP contribution in [0.2, 0.25) is 0 Å². The van der Waals surface area contributed by atoms with Crippen molar-refractivity contribution in [2.45, 2.75) is 51.5 Å². The van der Waals surface area contributed by atoms with E-state index in [1.54, 1.807) is 18.6 Å². The van der Waals surface area contributed by atoms with Crippen LogP contribution < -0.4 is 5.32 Å². The van der Waals surface area contributed by atoms with Crippen molar-refractivity contribution < 1.29 is 9.59 Å². The summed E-state index contributed by atoms with van der Waals surface area (Å²) in [5, 5.41) is 12.2. The molecule has 158 valence electrons. The van der Waals surface area contributed by atoms with E-state index in [-0.39, 0.29) is 23.8 Å². The van der Waals surface area contributed by atoms with Crippen molar-refractivity contribution in [3.05, 3.63) is 24.2 Å². The average Bonchev–Trinajstić information content (AvgIpc) is 3.41. The van der Waals surface area contributed by atoms with Gasteiger partial charge in [-0.2, -0.15) is 5.26 Å². The second-order valence-corrected chi connectivity index (χ2v) is 8.69. The zero-order valence-corrected chi connectivity index (χ0v) is 17.3. The number of rotatable bonds is 5. The molecule has 1 saturated heterocycles. The molecule has 2 aliphatic rings. The largest absolute Gasteiger partial charge is 0.353 e. The van der Waals surface area contributed by atoms with Crippen molar-refractivity contribution in [2.24, 2.45) is 17.8 Å². The van der Waals surface area contributed by atoms with E-state index in [2.05, 4.69) is 33.3 Å². The fraction of sp³-hybridized carbons (Fsp3) is 0.591. The van der Waals surface area contributed by atoms with Gasteiger partial charge in [-0.25, -0.2) is 9.97 Å². The minimum absolute atomic E-state index is 0.0116. The van der Waals surface area contributed by atoms with E-state index >= 15 is 0 Å². The quantitative estimate of drug-likeness (QED) is 0.789. The first-order valence-electron chi connectivity index (χ1n) is 10.8. The van der Waals surface area contributed by atoms with Gasteiger partial charge in [0, 0.05) is 37.7 Å². The predicted octanol–water partition coefficient (Wildman–Crippen LogP) is 2.64. The molecule has 1 saturated carbocycles. The first-order valence-corrected chi connectivity index (χ1v) is 10.8. The number of aromatic nitrogens is 3. The summed E-state index contributed by atoms with van der Waals surface area (Å²) in [5.41, 5.74) is 1.93. The normalized spacial score (nSPS) is 23.3. The van der Waals surface area contributed by atoms with E-state index in [9.17, 15) is 9.59 Å². The molecule has 3 heterocycles. The zero-order valence-electron chi connectivity index (χ0n) is 17.3. The number of hydrogen-bond acceptors (Lipinski definition) is 5. The molecular weight excluding hydrogens is 380 g/mol. The van der Waals surface area contributed by atoms with E-state index in [1.807, 2.05) is 4.90 Å². The van der Waals surface area contributed by atoms with Crippen molar-refractivity contribution in [1.29, 1.82) is 5.26 Å². The summed E-state index contributed by atoms with van der Waals surface area (Å²) >= 11 is 0. The number of pyridine rings is 1. The Bertz CT molecular complexity index is 956. The number of fused-ring (bicyclic) bond motifs is 1. The number of carbonyl (C=O) groups is 2. The number of piperidine rings is 1. The van der Waals surface area contributed by atoms with Crippen LogP contribution in [0.3, 0.4) is 0 Å². The van der Waals surface area contributed by atoms with Crippen molar-refractivity contribution in [3.63, 3.8) is 0 Å². The zero-order chi connectivity index (χ0) is 21.1. The first kappa shape index (κ1) is 20.3. The van der Waals surface area contributed by atoms with Crippen LogP contribution in [0.5, 0.6) is 0 Å². The Labute approximate surface area is 176 Å². The van der Waals surface area contributed by atoms with Gasteiger partial charge in [-0.05, 0) is 56.9 Å². The number of aromatic amines is 1. The highest BCUT2D eigenvalue weighted by Crippen LogP contribution is 2.32. The molecule has 3 atom stereocenters. The van der Waals surface area contributed by atoms with E-state index in [1.165, 1.54) is 0 Å². The van der Waals surface area contributed by atoms with Gasteiger partial charge in [-0.1, -0.05) is 0 Å². The van der Waals surface area contributed by atoms with Crippen LogP contribution in [0.4, 0.5) is 0 Å². The molecule has 2 aromatic rings. The lowest BCUT2D eigenvalue weighted by molar-refractivity contribution is -0.123. The molecule has 0 bridgehead atoms. The van der Waals surface area contributed by atoms with Gasteiger partial charge in [-0.3, -0.25) is 9.59 Å². The molecular formula is C22H28N6O2. The van der Waals surface area contributed by atoms with Gasteiger partial charge < -0.3 is 15.2 Å². The molecule has 8 nitrogen and oxygen atoms in total. The number of carbonyl (C=O) groups excluding carboxylic acids is 2. The summed E-state index contributed by atoms with van der Waals surface area (Å²) in [7, 11) is 0. The molecule has 2 fully saturated rings. The second-order valence-electron chi connectivity index (χ2n) is 8.69. The van der Waals surface area contributed by atoms with Crippen LogP contribution in [0.1, 0.15) is 55.8 Å².